The van der Waals surface area contributed by atoms with Gasteiger partial charge in [-0.1, -0.05) is 17.7 Å². The molecule has 4 heteroatoms. The molecule has 92 valence electrons. The zero-order chi connectivity index (χ0) is 13.1. The lowest BCUT2D eigenvalue weighted by molar-refractivity contribution is 0.102. The lowest BCUT2D eigenvalue weighted by Crippen LogP contribution is -2.11. The Bertz CT molecular complexity index is 581. The molecule has 0 saturated carbocycles. The molecule has 1 amide bonds. The van der Waals surface area contributed by atoms with Crippen LogP contribution in [0.5, 0.6) is 0 Å². The number of anilines is 1. The molecule has 0 aliphatic rings. The number of benzene rings is 2. The summed E-state index contributed by atoms with van der Waals surface area (Å²) in [6.07, 6.45) is 0. The Balaban J connectivity index is 2.16. The van der Waals surface area contributed by atoms with E-state index in [2.05, 4.69) is 5.32 Å². The predicted octanol–water partition coefficient (Wildman–Crippen LogP) is 4.04. The van der Waals surface area contributed by atoms with Crippen LogP contribution in [-0.4, -0.2) is 5.91 Å². The second-order valence-corrected chi connectivity index (χ2v) is 4.33. The summed E-state index contributed by atoms with van der Waals surface area (Å²) in [5, 5.41) is 3.21. The van der Waals surface area contributed by atoms with Crippen LogP contribution in [0.15, 0.2) is 42.5 Å². The van der Waals surface area contributed by atoms with Crippen molar-refractivity contribution >= 4 is 23.2 Å². The van der Waals surface area contributed by atoms with E-state index >= 15 is 0 Å². The lowest BCUT2D eigenvalue weighted by atomic mass is 10.1. The summed E-state index contributed by atoms with van der Waals surface area (Å²) in [7, 11) is 0. The van der Waals surface area contributed by atoms with E-state index < -0.39 is 0 Å². The van der Waals surface area contributed by atoms with Crippen LogP contribution in [-0.2, 0) is 0 Å². The molecule has 2 aromatic rings. The van der Waals surface area contributed by atoms with Crippen molar-refractivity contribution in [2.75, 3.05) is 5.32 Å². The maximum absolute atomic E-state index is 12.7. The number of nitrogens with one attached hydrogen (secondary N) is 1. The highest BCUT2D eigenvalue weighted by Crippen LogP contribution is 2.18. The monoisotopic (exact) mass is 263 g/mol. The first-order valence-corrected chi connectivity index (χ1v) is 5.77. The minimum Gasteiger partial charge on any atom is -0.322 e. The third-order valence-electron chi connectivity index (χ3n) is 2.54. The van der Waals surface area contributed by atoms with Crippen molar-refractivity contribution in [1.82, 2.24) is 0 Å². The average Bonchev–Trinajstić information content (AvgIpc) is 2.35. The van der Waals surface area contributed by atoms with Gasteiger partial charge < -0.3 is 5.32 Å². The molecule has 2 rings (SSSR count). The topological polar surface area (TPSA) is 29.1 Å². The van der Waals surface area contributed by atoms with Gasteiger partial charge in [0.15, 0.2) is 0 Å². The highest BCUT2D eigenvalue weighted by molar-refractivity contribution is 6.31. The molecule has 2 aromatic carbocycles. The Labute approximate surface area is 109 Å². The maximum Gasteiger partial charge on any atom is 0.255 e. The van der Waals surface area contributed by atoms with Gasteiger partial charge in [0, 0.05) is 16.3 Å². The van der Waals surface area contributed by atoms with Gasteiger partial charge in [-0.05, 0) is 48.9 Å². The molecular weight excluding hydrogens is 253 g/mol. The fourth-order valence-corrected chi connectivity index (χ4v) is 1.65. The van der Waals surface area contributed by atoms with Gasteiger partial charge in [0.25, 0.3) is 5.91 Å². The first kappa shape index (κ1) is 12.6. The first-order valence-electron chi connectivity index (χ1n) is 5.39. The van der Waals surface area contributed by atoms with E-state index in [4.69, 9.17) is 11.6 Å². The van der Waals surface area contributed by atoms with Crippen LogP contribution in [0.3, 0.4) is 0 Å². The zero-order valence-corrected chi connectivity index (χ0v) is 10.5. The summed E-state index contributed by atoms with van der Waals surface area (Å²) >= 11 is 5.95. The molecule has 0 unspecified atom stereocenters. The van der Waals surface area contributed by atoms with Crippen LogP contribution < -0.4 is 5.32 Å². The van der Waals surface area contributed by atoms with Gasteiger partial charge in [-0.2, -0.15) is 0 Å². The molecule has 0 aromatic heterocycles. The molecule has 0 saturated heterocycles. The van der Waals surface area contributed by atoms with Crippen molar-refractivity contribution in [2.24, 2.45) is 0 Å². The molecule has 0 bridgehead atoms. The number of halogens is 2. The Morgan fingerprint density at radius 2 is 1.83 bits per heavy atom. The van der Waals surface area contributed by atoms with Crippen LogP contribution in [0.2, 0.25) is 5.02 Å². The minimum absolute atomic E-state index is 0.275. The van der Waals surface area contributed by atoms with E-state index in [9.17, 15) is 9.18 Å². The number of hydrogen-bond acceptors (Lipinski definition) is 1. The van der Waals surface area contributed by atoms with Crippen LogP contribution in [0.25, 0.3) is 0 Å². The number of aryl methyl sites for hydroxylation is 1. The highest BCUT2D eigenvalue weighted by atomic mass is 35.5. The third kappa shape index (κ3) is 2.87. The molecule has 0 fully saturated rings. The molecule has 0 radical (unpaired) electrons. The Hall–Kier alpha value is -1.87. The Morgan fingerprint density at radius 1 is 1.17 bits per heavy atom. The fourth-order valence-electron chi connectivity index (χ4n) is 1.47. The van der Waals surface area contributed by atoms with Gasteiger partial charge >= 0.3 is 0 Å². The standard InChI is InChI=1S/C14H11ClFNO/c1-9-2-3-10(8-13(9)15)14(18)17-12-6-4-11(16)5-7-12/h2-8H,1H3,(H,17,18). The van der Waals surface area contributed by atoms with Gasteiger partial charge in [-0.15, -0.1) is 0 Å². The summed E-state index contributed by atoms with van der Waals surface area (Å²) < 4.78 is 12.7. The molecule has 0 heterocycles. The minimum atomic E-state index is -0.341. The number of amides is 1. The Kier molecular flexibility index (Phi) is 3.63. The van der Waals surface area contributed by atoms with Crippen LogP contribution in [0.4, 0.5) is 10.1 Å². The molecule has 0 spiro atoms. The molecule has 0 aliphatic carbocycles. The van der Waals surface area contributed by atoms with Gasteiger partial charge in [0.05, 0.1) is 0 Å². The van der Waals surface area contributed by atoms with Crippen molar-refractivity contribution in [2.45, 2.75) is 6.92 Å². The normalized spacial score (nSPS) is 10.2. The largest absolute Gasteiger partial charge is 0.322 e. The van der Waals surface area contributed by atoms with Crippen molar-refractivity contribution in [1.29, 1.82) is 0 Å². The van der Waals surface area contributed by atoms with E-state index in [-0.39, 0.29) is 11.7 Å². The molecule has 2 nitrogen and oxygen atoms in total. The van der Waals surface area contributed by atoms with Gasteiger partial charge in [-0.25, -0.2) is 4.39 Å². The molecule has 0 atom stereocenters. The van der Waals surface area contributed by atoms with E-state index in [0.717, 1.165) is 5.56 Å². The van der Waals surface area contributed by atoms with Crippen molar-refractivity contribution in [3.63, 3.8) is 0 Å². The summed E-state index contributed by atoms with van der Waals surface area (Å²) in [5.41, 5.74) is 1.92. The van der Waals surface area contributed by atoms with Gasteiger partial charge in [0.2, 0.25) is 0 Å². The van der Waals surface area contributed by atoms with Crippen molar-refractivity contribution in [3.05, 3.63) is 64.4 Å². The van der Waals surface area contributed by atoms with Crippen molar-refractivity contribution in [3.8, 4) is 0 Å². The second kappa shape index (κ2) is 5.19. The number of carbonyl (C=O) groups is 1. The summed E-state index contributed by atoms with van der Waals surface area (Å²) in [5.74, 6) is -0.616. The number of carbonyl (C=O) groups excluding carboxylic acids is 1. The molecule has 0 aliphatic heterocycles. The highest BCUT2D eigenvalue weighted by Gasteiger charge is 2.07. The zero-order valence-electron chi connectivity index (χ0n) is 9.71. The fraction of sp³-hybridized carbons (Fsp3) is 0.0714. The molecule has 18 heavy (non-hydrogen) atoms. The first-order chi connectivity index (χ1) is 8.56. The smallest absolute Gasteiger partial charge is 0.255 e. The van der Waals surface area contributed by atoms with Crippen molar-refractivity contribution < 1.29 is 9.18 Å². The third-order valence-corrected chi connectivity index (χ3v) is 2.94. The van der Waals surface area contributed by atoms with Gasteiger partial charge in [0.1, 0.15) is 5.82 Å². The summed E-state index contributed by atoms with van der Waals surface area (Å²) in [6, 6.07) is 10.7. The van der Waals surface area contributed by atoms with E-state index in [1.807, 2.05) is 6.92 Å². The van der Waals surface area contributed by atoms with Crippen LogP contribution >= 0.6 is 11.6 Å². The summed E-state index contributed by atoms with van der Waals surface area (Å²) in [4.78, 5) is 11.9. The predicted molar refractivity (Wildman–Crippen MR) is 70.5 cm³/mol. The quantitative estimate of drug-likeness (QED) is 0.870. The van der Waals surface area contributed by atoms with Crippen LogP contribution in [0.1, 0.15) is 15.9 Å². The molecular formula is C14H11ClFNO. The SMILES string of the molecule is Cc1ccc(C(=O)Nc2ccc(F)cc2)cc1Cl. The molecule has 1 N–H and O–H groups in total. The van der Waals surface area contributed by atoms with Crippen LogP contribution in [0, 0.1) is 12.7 Å². The second-order valence-electron chi connectivity index (χ2n) is 3.92. The van der Waals surface area contributed by atoms with E-state index in [1.54, 1.807) is 18.2 Å². The summed E-state index contributed by atoms with van der Waals surface area (Å²) in [6.45, 7) is 1.87. The lowest BCUT2D eigenvalue weighted by Gasteiger charge is -2.06. The number of hydrogen-bond donors (Lipinski definition) is 1. The number of rotatable bonds is 2. The van der Waals surface area contributed by atoms with E-state index in [1.165, 1.54) is 24.3 Å². The van der Waals surface area contributed by atoms with Gasteiger partial charge in [-0.3, -0.25) is 4.79 Å². The average molecular weight is 264 g/mol. The van der Waals surface area contributed by atoms with E-state index in [0.29, 0.717) is 16.3 Å². The maximum atomic E-state index is 12.7. The Morgan fingerprint density at radius 3 is 2.44 bits per heavy atom.